The Morgan fingerprint density at radius 2 is 1.94 bits per heavy atom. The van der Waals surface area contributed by atoms with Crippen LogP contribution in [0, 0.1) is 26.7 Å². The Morgan fingerprint density at radius 1 is 1.13 bits per heavy atom. The Balaban J connectivity index is 1.56. The summed E-state index contributed by atoms with van der Waals surface area (Å²) in [7, 11) is 0. The number of fused-ring (bicyclic) bond motifs is 1. The maximum absolute atomic E-state index is 13.8. The predicted molar refractivity (Wildman–Crippen MR) is 121 cm³/mol. The van der Waals surface area contributed by atoms with Gasteiger partial charge in [-0.2, -0.15) is 5.10 Å². The van der Waals surface area contributed by atoms with Crippen LogP contribution < -0.4 is 0 Å². The van der Waals surface area contributed by atoms with Crippen molar-refractivity contribution in [3.05, 3.63) is 76.9 Å². The fourth-order valence-corrected chi connectivity index (χ4v) is 4.61. The summed E-state index contributed by atoms with van der Waals surface area (Å²) >= 11 is 0. The van der Waals surface area contributed by atoms with Crippen molar-refractivity contribution in [2.24, 2.45) is 5.92 Å². The van der Waals surface area contributed by atoms with Crippen LogP contribution in [0.25, 0.3) is 16.7 Å². The molecule has 0 bridgehead atoms. The molecule has 5 rings (SSSR count). The highest BCUT2D eigenvalue weighted by atomic mass is 16.2. The van der Waals surface area contributed by atoms with E-state index in [-0.39, 0.29) is 11.9 Å². The molecule has 1 amide bonds. The van der Waals surface area contributed by atoms with Gasteiger partial charge in [0.05, 0.1) is 28.3 Å². The van der Waals surface area contributed by atoms with E-state index in [0.717, 1.165) is 34.5 Å². The minimum Gasteiger partial charge on any atom is -0.340 e. The molecule has 2 aromatic heterocycles. The van der Waals surface area contributed by atoms with Crippen LogP contribution in [0.3, 0.4) is 0 Å². The highest BCUT2D eigenvalue weighted by molar-refractivity contribution is 5.98. The zero-order valence-corrected chi connectivity index (χ0v) is 18.4. The van der Waals surface area contributed by atoms with Gasteiger partial charge in [0.2, 0.25) is 0 Å². The van der Waals surface area contributed by atoms with Crippen molar-refractivity contribution >= 4 is 16.9 Å². The van der Waals surface area contributed by atoms with Crippen LogP contribution in [0.5, 0.6) is 0 Å². The molecule has 1 fully saturated rings. The molecule has 0 saturated carbocycles. The zero-order chi connectivity index (χ0) is 21.7. The minimum absolute atomic E-state index is 0.0244. The third kappa shape index (κ3) is 3.32. The van der Waals surface area contributed by atoms with Gasteiger partial charge in [-0.1, -0.05) is 18.6 Å². The summed E-state index contributed by atoms with van der Waals surface area (Å²) in [5, 5.41) is 4.35. The number of aromatic nitrogens is 4. The summed E-state index contributed by atoms with van der Waals surface area (Å²) in [5.74, 6) is 1.22. The topological polar surface area (TPSA) is 66.8 Å². The first-order valence-electron chi connectivity index (χ1n) is 10.8. The minimum atomic E-state index is -0.0773. The van der Waals surface area contributed by atoms with Crippen LogP contribution in [0.2, 0.25) is 0 Å². The average Bonchev–Trinajstić information content (AvgIpc) is 3.47. The molecular weight excluding hydrogens is 386 g/mol. The second kappa shape index (κ2) is 7.38. The van der Waals surface area contributed by atoms with Gasteiger partial charge in [-0.15, -0.1) is 0 Å². The Morgan fingerprint density at radius 3 is 2.71 bits per heavy atom. The number of hydrogen-bond donors (Lipinski definition) is 1. The molecule has 3 heterocycles. The number of nitrogens with zero attached hydrogens (tertiary/aromatic N) is 4. The molecule has 0 unspecified atom stereocenters. The molecule has 1 aliphatic rings. The summed E-state index contributed by atoms with van der Waals surface area (Å²) in [6.45, 7) is 9.14. The number of hydrogen-bond acceptors (Lipinski definition) is 3. The van der Waals surface area contributed by atoms with Crippen LogP contribution in [0.4, 0.5) is 0 Å². The standard InChI is InChI=1S/C25H27N5O/c1-15-6-7-22(30-10-5-9-26-30)19(12-15)25(31)29-11-8-16(2)23(29)24-27-20-13-17(3)18(4)14-21(20)28-24/h5-7,9-10,12-14,16,23H,8,11H2,1-4H3,(H,27,28)/t16-,23-/m0/s1. The molecule has 0 radical (unpaired) electrons. The number of likely N-dealkylation sites (tertiary alicyclic amines) is 1. The number of aromatic amines is 1. The van der Waals surface area contributed by atoms with Gasteiger partial charge in [0.15, 0.2) is 0 Å². The highest BCUT2D eigenvalue weighted by Gasteiger charge is 2.38. The summed E-state index contributed by atoms with van der Waals surface area (Å²) in [6.07, 6.45) is 4.55. The van der Waals surface area contributed by atoms with E-state index >= 15 is 0 Å². The van der Waals surface area contributed by atoms with Crippen molar-refractivity contribution in [2.75, 3.05) is 6.54 Å². The van der Waals surface area contributed by atoms with E-state index in [1.165, 1.54) is 11.1 Å². The lowest BCUT2D eigenvalue weighted by Crippen LogP contribution is -2.33. The molecule has 2 aromatic carbocycles. The zero-order valence-electron chi connectivity index (χ0n) is 18.4. The maximum atomic E-state index is 13.8. The van der Waals surface area contributed by atoms with E-state index in [0.29, 0.717) is 18.0 Å². The van der Waals surface area contributed by atoms with Gasteiger partial charge in [0.1, 0.15) is 5.82 Å². The monoisotopic (exact) mass is 413 g/mol. The van der Waals surface area contributed by atoms with Crippen LogP contribution in [-0.4, -0.2) is 37.1 Å². The molecule has 1 aliphatic heterocycles. The third-order valence-electron chi connectivity index (χ3n) is 6.49. The number of benzene rings is 2. The molecule has 6 nitrogen and oxygen atoms in total. The Bertz CT molecular complexity index is 1230. The number of carbonyl (C=O) groups is 1. The predicted octanol–water partition coefficient (Wildman–Crippen LogP) is 4.90. The fraction of sp³-hybridized carbons (Fsp3) is 0.320. The number of aryl methyl sites for hydroxylation is 3. The van der Waals surface area contributed by atoms with Crippen LogP contribution >= 0.6 is 0 Å². The molecule has 0 aliphatic carbocycles. The smallest absolute Gasteiger partial charge is 0.256 e. The molecule has 6 heteroatoms. The first-order chi connectivity index (χ1) is 14.9. The SMILES string of the molecule is Cc1ccc(-n2cccn2)c(C(=O)N2CC[C@H](C)[C@H]2c2nc3cc(C)c(C)cc3[nH]2)c1. The summed E-state index contributed by atoms with van der Waals surface area (Å²) in [6, 6.07) is 12.0. The first-order valence-corrected chi connectivity index (χ1v) is 10.8. The molecule has 31 heavy (non-hydrogen) atoms. The quantitative estimate of drug-likeness (QED) is 0.520. The lowest BCUT2D eigenvalue weighted by atomic mass is 10.0. The Kier molecular flexibility index (Phi) is 4.65. The highest BCUT2D eigenvalue weighted by Crippen LogP contribution is 2.38. The van der Waals surface area contributed by atoms with E-state index in [4.69, 9.17) is 4.98 Å². The van der Waals surface area contributed by atoms with Crippen LogP contribution in [0.15, 0.2) is 48.8 Å². The molecule has 4 aromatic rings. The van der Waals surface area contributed by atoms with Crippen molar-refractivity contribution in [1.82, 2.24) is 24.6 Å². The number of amides is 1. The van der Waals surface area contributed by atoms with Gasteiger partial charge in [-0.05, 0) is 74.6 Å². The van der Waals surface area contributed by atoms with Crippen molar-refractivity contribution in [2.45, 2.75) is 40.2 Å². The van der Waals surface area contributed by atoms with Gasteiger partial charge in [0, 0.05) is 18.9 Å². The van der Waals surface area contributed by atoms with Crippen LogP contribution in [-0.2, 0) is 0 Å². The van der Waals surface area contributed by atoms with Gasteiger partial charge >= 0.3 is 0 Å². The number of imidazole rings is 1. The van der Waals surface area contributed by atoms with E-state index in [2.05, 4.69) is 43.0 Å². The molecule has 0 spiro atoms. The number of rotatable bonds is 3. The lowest BCUT2D eigenvalue weighted by molar-refractivity contribution is 0.0714. The van der Waals surface area contributed by atoms with Crippen molar-refractivity contribution in [3.63, 3.8) is 0 Å². The van der Waals surface area contributed by atoms with E-state index in [1.807, 2.05) is 42.3 Å². The Labute approximate surface area is 181 Å². The van der Waals surface area contributed by atoms with E-state index in [9.17, 15) is 4.79 Å². The number of nitrogens with one attached hydrogen (secondary N) is 1. The molecule has 2 atom stereocenters. The van der Waals surface area contributed by atoms with E-state index in [1.54, 1.807) is 10.9 Å². The van der Waals surface area contributed by atoms with Gasteiger partial charge in [-0.25, -0.2) is 9.67 Å². The van der Waals surface area contributed by atoms with Gasteiger partial charge < -0.3 is 9.88 Å². The largest absolute Gasteiger partial charge is 0.340 e. The lowest BCUT2D eigenvalue weighted by Gasteiger charge is -2.26. The summed E-state index contributed by atoms with van der Waals surface area (Å²) in [4.78, 5) is 24.2. The molecule has 158 valence electrons. The third-order valence-corrected chi connectivity index (χ3v) is 6.49. The van der Waals surface area contributed by atoms with Gasteiger partial charge in [-0.3, -0.25) is 4.79 Å². The normalized spacial score (nSPS) is 18.8. The van der Waals surface area contributed by atoms with Crippen molar-refractivity contribution in [3.8, 4) is 5.69 Å². The molecule has 1 saturated heterocycles. The first kappa shape index (κ1) is 19.5. The molecule has 1 N–H and O–H groups in total. The summed E-state index contributed by atoms with van der Waals surface area (Å²) in [5.41, 5.74) is 6.97. The average molecular weight is 414 g/mol. The Hall–Kier alpha value is -3.41. The second-order valence-electron chi connectivity index (χ2n) is 8.76. The number of carbonyl (C=O) groups excluding carboxylic acids is 1. The summed E-state index contributed by atoms with van der Waals surface area (Å²) < 4.78 is 1.76. The van der Waals surface area contributed by atoms with Gasteiger partial charge in [0.25, 0.3) is 5.91 Å². The fourth-order valence-electron chi connectivity index (χ4n) is 4.61. The van der Waals surface area contributed by atoms with E-state index < -0.39 is 0 Å². The van der Waals surface area contributed by atoms with Crippen molar-refractivity contribution < 1.29 is 4.79 Å². The van der Waals surface area contributed by atoms with Crippen molar-refractivity contribution in [1.29, 1.82) is 0 Å². The van der Waals surface area contributed by atoms with Crippen LogP contribution in [0.1, 0.15) is 52.3 Å². The molecular formula is C25H27N5O. The second-order valence-corrected chi connectivity index (χ2v) is 8.76. The number of H-pyrrole nitrogens is 1. The maximum Gasteiger partial charge on any atom is 0.256 e.